The minimum absolute atomic E-state index is 0.0354. The average molecular weight is 464 g/mol. The van der Waals surface area contributed by atoms with Gasteiger partial charge >= 0.3 is 0 Å². The number of carbonyl (C=O) groups is 1. The normalized spacial score (nSPS) is 12.4. The number of likely N-dealkylation sites (N-methyl/N-ethyl adjacent to an activating group) is 1. The molecule has 166 valence electrons. The Balaban J connectivity index is 2.15. The van der Waals surface area contributed by atoms with Crippen LogP contribution in [0.5, 0.6) is 0 Å². The van der Waals surface area contributed by atoms with Gasteiger partial charge in [-0.1, -0.05) is 36.5 Å². The van der Waals surface area contributed by atoms with Crippen molar-refractivity contribution in [3.8, 4) is 11.3 Å². The second-order valence-corrected chi connectivity index (χ2v) is 8.31. The smallest absolute Gasteiger partial charge is 0.274 e. The maximum atomic E-state index is 13.2. The number of amides is 1. The number of nitrogens with zero attached hydrogens (tertiary/aromatic N) is 4. The summed E-state index contributed by atoms with van der Waals surface area (Å²) in [7, 11) is 3.40. The first kappa shape index (κ1) is 23.5. The van der Waals surface area contributed by atoms with Crippen LogP contribution in [0.4, 0.5) is 0 Å². The van der Waals surface area contributed by atoms with E-state index in [-0.39, 0.29) is 18.5 Å². The van der Waals surface area contributed by atoms with Gasteiger partial charge in [0.1, 0.15) is 5.69 Å². The molecule has 0 aliphatic heterocycles. The first-order valence-corrected chi connectivity index (χ1v) is 10.9. The van der Waals surface area contributed by atoms with Crippen molar-refractivity contribution in [2.75, 3.05) is 20.8 Å². The third kappa shape index (κ3) is 4.70. The molecule has 0 aliphatic carbocycles. The topological polar surface area (TPSA) is 85.8 Å². The van der Waals surface area contributed by atoms with Crippen molar-refractivity contribution in [3.63, 3.8) is 0 Å². The van der Waals surface area contributed by atoms with E-state index >= 15 is 0 Å². The van der Waals surface area contributed by atoms with E-state index in [1.54, 1.807) is 41.8 Å². The monoisotopic (exact) mass is 463 g/mol. The van der Waals surface area contributed by atoms with Crippen LogP contribution in [-0.4, -0.2) is 52.0 Å². The summed E-state index contributed by atoms with van der Waals surface area (Å²) in [5, 5.41) is 1.02. The van der Waals surface area contributed by atoms with E-state index in [9.17, 15) is 4.79 Å². The van der Waals surface area contributed by atoms with Crippen LogP contribution in [0, 0.1) is 6.92 Å². The van der Waals surface area contributed by atoms with Crippen LogP contribution in [0.3, 0.4) is 0 Å². The van der Waals surface area contributed by atoms with E-state index in [0.717, 1.165) is 35.4 Å². The van der Waals surface area contributed by atoms with Gasteiger partial charge < -0.3 is 15.4 Å². The molecule has 0 radical (unpaired) electrons. The maximum Gasteiger partial charge on any atom is 0.274 e. The predicted octanol–water partition coefficient (Wildman–Crippen LogP) is 4.36. The van der Waals surface area contributed by atoms with Gasteiger partial charge in [-0.25, -0.2) is 9.97 Å². The van der Waals surface area contributed by atoms with Crippen molar-refractivity contribution in [1.82, 2.24) is 19.3 Å². The molecule has 0 bridgehead atoms. The molecular formula is C22H27Cl2N5O2. The van der Waals surface area contributed by atoms with E-state index in [1.165, 1.54) is 0 Å². The third-order valence-corrected chi connectivity index (χ3v) is 5.92. The molecule has 2 aromatic heterocycles. The maximum absolute atomic E-state index is 13.2. The summed E-state index contributed by atoms with van der Waals surface area (Å²) in [4.78, 5) is 24.0. The van der Waals surface area contributed by atoms with Crippen molar-refractivity contribution in [2.24, 2.45) is 5.73 Å². The summed E-state index contributed by atoms with van der Waals surface area (Å²) in [6.45, 7) is 4.67. The fourth-order valence-corrected chi connectivity index (χ4v) is 4.23. The number of benzene rings is 1. The zero-order chi connectivity index (χ0) is 22.7. The van der Waals surface area contributed by atoms with E-state index in [1.807, 2.05) is 13.0 Å². The van der Waals surface area contributed by atoms with Crippen molar-refractivity contribution in [2.45, 2.75) is 39.3 Å². The van der Waals surface area contributed by atoms with Crippen molar-refractivity contribution in [1.29, 1.82) is 0 Å². The number of ether oxygens (including phenoxy) is 1. The number of fused-ring (bicyclic) bond motifs is 1. The molecule has 0 unspecified atom stereocenters. The van der Waals surface area contributed by atoms with Crippen LogP contribution in [0.15, 0.2) is 24.4 Å². The van der Waals surface area contributed by atoms with Crippen LogP contribution in [-0.2, 0) is 11.3 Å². The number of hydrogen-bond donors (Lipinski definition) is 1. The van der Waals surface area contributed by atoms with E-state index in [2.05, 4.69) is 16.9 Å². The van der Waals surface area contributed by atoms with Gasteiger partial charge in [-0.3, -0.25) is 9.20 Å². The quantitative estimate of drug-likeness (QED) is 0.536. The summed E-state index contributed by atoms with van der Waals surface area (Å²) < 4.78 is 7.07. The molecule has 1 amide bonds. The SMILES string of the molecule is CCC[C@@H](COC)N(C)C(=O)c1cn2c(-c3ccc(Cl)cc3Cl)c(CN)c(C)nc2n1. The molecule has 0 fully saturated rings. The van der Waals surface area contributed by atoms with E-state index in [0.29, 0.717) is 28.1 Å². The molecule has 0 saturated heterocycles. The number of nitrogens with two attached hydrogens (primary N) is 1. The first-order valence-electron chi connectivity index (χ1n) is 10.1. The van der Waals surface area contributed by atoms with Gasteiger partial charge in [-0.05, 0) is 31.5 Å². The summed E-state index contributed by atoms with van der Waals surface area (Å²) in [6, 6.07) is 5.24. The highest BCUT2D eigenvalue weighted by atomic mass is 35.5. The molecule has 2 heterocycles. The summed E-state index contributed by atoms with van der Waals surface area (Å²) in [6.07, 6.45) is 3.47. The molecule has 1 atom stereocenters. The van der Waals surface area contributed by atoms with Gasteiger partial charge in [0.15, 0.2) is 0 Å². The lowest BCUT2D eigenvalue weighted by molar-refractivity contribution is 0.0583. The summed E-state index contributed by atoms with van der Waals surface area (Å²) in [5.41, 5.74) is 9.40. The number of halogens is 2. The number of hydrogen-bond acceptors (Lipinski definition) is 5. The van der Waals surface area contributed by atoms with Gasteiger partial charge in [0.05, 0.1) is 23.4 Å². The Morgan fingerprint density at radius 3 is 2.68 bits per heavy atom. The highest BCUT2D eigenvalue weighted by molar-refractivity contribution is 6.36. The molecule has 3 aromatic rings. The summed E-state index contributed by atoms with van der Waals surface area (Å²) >= 11 is 12.6. The fourth-order valence-electron chi connectivity index (χ4n) is 3.73. The first-order chi connectivity index (χ1) is 14.8. The highest BCUT2D eigenvalue weighted by Crippen LogP contribution is 2.34. The van der Waals surface area contributed by atoms with Gasteiger partial charge in [0, 0.05) is 48.7 Å². The Hall–Kier alpha value is -2.19. The standard InChI is InChI=1S/C22H27Cl2N5O2/c1-5-6-15(12-31-4)28(3)21(30)19-11-29-20(16-8-7-14(23)9-18(16)24)17(10-25)13(2)26-22(29)27-19/h7-9,11,15H,5-6,10,12,25H2,1-4H3/t15-/m0/s1. The van der Waals surface area contributed by atoms with Crippen molar-refractivity contribution >= 4 is 34.9 Å². The second-order valence-electron chi connectivity index (χ2n) is 7.46. The van der Waals surface area contributed by atoms with Gasteiger partial charge in [-0.15, -0.1) is 0 Å². The minimum Gasteiger partial charge on any atom is -0.383 e. The highest BCUT2D eigenvalue weighted by Gasteiger charge is 2.25. The summed E-state index contributed by atoms with van der Waals surface area (Å²) in [5.74, 6) is 0.215. The number of methoxy groups -OCH3 is 1. The number of imidazole rings is 1. The molecule has 31 heavy (non-hydrogen) atoms. The molecule has 0 aliphatic rings. The van der Waals surface area contributed by atoms with E-state index in [4.69, 9.17) is 33.7 Å². The number of aryl methyl sites for hydroxylation is 1. The lowest BCUT2D eigenvalue weighted by atomic mass is 10.0. The van der Waals surface area contributed by atoms with Crippen LogP contribution >= 0.6 is 23.2 Å². The number of carbonyl (C=O) groups excluding carboxylic acids is 1. The Morgan fingerprint density at radius 1 is 1.32 bits per heavy atom. The molecule has 0 saturated carbocycles. The van der Waals surface area contributed by atoms with E-state index < -0.39 is 0 Å². The van der Waals surface area contributed by atoms with Gasteiger partial charge in [-0.2, -0.15) is 0 Å². The largest absolute Gasteiger partial charge is 0.383 e. The van der Waals surface area contributed by atoms with Crippen LogP contribution in [0.25, 0.3) is 17.0 Å². The lowest BCUT2D eigenvalue weighted by Crippen LogP contribution is -2.40. The Bertz CT molecular complexity index is 1090. The Kier molecular flexibility index (Phi) is 7.54. The molecule has 2 N–H and O–H groups in total. The van der Waals surface area contributed by atoms with Crippen molar-refractivity contribution < 1.29 is 9.53 Å². The molecule has 7 nitrogen and oxygen atoms in total. The molecule has 9 heteroatoms. The Morgan fingerprint density at radius 2 is 2.06 bits per heavy atom. The van der Waals surface area contributed by atoms with Crippen LogP contribution < -0.4 is 5.73 Å². The Labute approximate surface area is 192 Å². The van der Waals surface area contributed by atoms with Crippen LogP contribution in [0.2, 0.25) is 10.0 Å². The van der Waals surface area contributed by atoms with Crippen molar-refractivity contribution in [3.05, 3.63) is 51.4 Å². The molecule has 1 aromatic carbocycles. The zero-order valence-corrected chi connectivity index (χ0v) is 19.7. The zero-order valence-electron chi connectivity index (χ0n) is 18.2. The van der Waals surface area contributed by atoms with Crippen LogP contribution in [0.1, 0.15) is 41.5 Å². The predicted molar refractivity (Wildman–Crippen MR) is 124 cm³/mol. The van der Waals surface area contributed by atoms with Gasteiger partial charge in [0.25, 0.3) is 5.91 Å². The second kappa shape index (κ2) is 9.96. The number of rotatable bonds is 8. The number of aromatic nitrogens is 3. The lowest BCUT2D eigenvalue weighted by Gasteiger charge is -2.26. The fraction of sp³-hybridized carbons (Fsp3) is 0.409. The minimum atomic E-state index is -0.193. The molecule has 0 spiro atoms. The molecule has 3 rings (SSSR count). The van der Waals surface area contributed by atoms with Gasteiger partial charge in [0.2, 0.25) is 5.78 Å². The average Bonchev–Trinajstić information content (AvgIpc) is 3.15. The molecular weight excluding hydrogens is 437 g/mol. The third-order valence-electron chi connectivity index (χ3n) is 5.38.